The summed E-state index contributed by atoms with van der Waals surface area (Å²) < 4.78 is 21.4. The molecular weight excluding hydrogens is 572 g/mol. The lowest BCUT2D eigenvalue weighted by molar-refractivity contribution is -0.145. The van der Waals surface area contributed by atoms with Crippen LogP contribution in [0.5, 0.6) is 11.5 Å². The summed E-state index contributed by atoms with van der Waals surface area (Å²) in [5, 5.41) is 7.71. The van der Waals surface area contributed by atoms with E-state index < -0.39 is 60.1 Å². The van der Waals surface area contributed by atoms with E-state index in [4.69, 9.17) is 18.9 Å². The van der Waals surface area contributed by atoms with Gasteiger partial charge in [-0.05, 0) is 63.1 Å². The molecule has 13 nitrogen and oxygen atoms in total. The fourth-order valence-electron chi connectivity index (χ4n) is 4.71. The van der Waals surface area contributed by atoms with Crippen LogP contribution in [0.3, 0.4) is 0 Å². The first-order valence-corrected chi connectivity index (χ1v) is 13.9. The van der Waals surface area contributed by atoms with E-state index in [1.807, 2.05) is 0 Å². The third kappa shape index (κ3) is 8.17. The van der Waals surface area contributed by atoms with Crippen LogP contribution in [0.25, 0.3) is 11.1 Å². The zero-order chi connectivity index (χ0) is 32.8. The molecule has 2 aromatic rings. The number of hydrogen-bond acceptors (Lipinski definition) is 9. The Morgan fingerprint density at radius 3 is 2.14 bits per heavy atom. The number of hydrogen-bond donors (Lipinski definition) is 3. The number of nitrogens with zero attached hydrogens (tertiary/aromatic N) is 1. The third-order valence-corrected chi connectivity index (χ3v) is 6.90. The molecule has 4 amide bonds. The Morgan fingerprint density at radius 2 is 1.55 bits per heavy atom. The Kier molecular flexibility index (Phi) is 10.8. The highest BCUT2D eigenvalue weighted by Crippen LogP contribution is 2.39. The van der Waals surface area contributed by atoms with Crippen LogP contribution in [0.1, 0.15) is 44.9 Å². The summed E-state index contributed by atoms with van der Waals surface area (Å²) in [6.07, 6.45) is -0.693. The number of benzene rings is 2. The van der Waals surface area contributed by atoms with Gasteiger partial charge in [-0.1, -0.05) is 12.1 Å². The summed E-state index contributed by atoms with van der Waals surface area (Å²) in [7, 11) is 5.64. The molecule has 13 heteroatoms. The van der Waals surface area contributed by atoms with Gasteiger partial charge < -0.3 is 39.8 Å². The van der Waals surface area contributed by atoms with Crippen molar-refractivity contribution >= 4 is 29.8 Å². The van der Waals surface area contributed by atoms with Crippen molar-refractivity contribution in [2.24, 2.45) is 0 Å². The van der Waals surface area contributed by atoms with E-state index in [0.717, 1.165) is 0 Å². The fraction of sp³-hybridized carbons (Fsp3) is 0.452. The molecule has 0 spiro atoms. The SMILES string of the molecule is COC(=O)C1Cc2ccc(OC)c(c2)-c2cc(ccc2OC)[C@H](N(C)C(=O)CNC(=O)OC(C)(C)C)C(=O)N[C@@H](C)C(=O)N1. The standard InChI is InChI=1S/C31H40N4O9/c1-17-27(37)34-22(29(39)43-8)14-18-9-11-23(41-6)20(13-18)21-15-19(10-12-24(21)42-7)26(28(38)33-17)35(5)25(36)16-32-30(40)44-31(2,3)4/h9-13,15,17,22,26H,14,16H2,1-8H3,(H,32,40)(H,33,38)(H,34,37)/t17-,22?,26-/m0/s1. The second-order valence-electron chi connectivity index (χ2n) is 11.3. The monoisotopic (exact) mass is 612 g/mol. The van der Waals surface area contributed by atoms with E-state index in [2.05, 4.69) is 16.0 Å². The number of methoxy groups -OCH3 is 3. The summed E-state index contributed by atoms with van der Waals surface area (Å²) in [5.41, 5.74) is 1.46. The topological polar surface area (TPSA) is 162 Å². The largest absolute Gasteiger partial charge is 0.496 e. The lowest BCUT2D eigenvalue weighted by atomic mass is 9.93. The van der Waals surface area contributed by atoms with Crippen LogP contribution < -0.4 is 25.4 Å². The number of carbonyl (C=O) groups is 5. The molecule has 0 aromatic heterocycles. The molecule has 1 aliphatic heterocycles. The summed E-state index contributed by atoms with van der Waals surface area (Å²) in [4.78, 5) is 66.2. The molecule has 4 bridgehead atoms. The summed E-state index contributed by atoms with van der Waals surface area (Å²) in [5.74, 6) is -1.63. The number of alkyl carbamates (subject to hydrolysis) is 1. The average molecular weight is 613 g/mol. The van der Waals surface area contributed by atoms with Crippen LogP contribution in [0.4, 0.5) is 4.79 Å². The Bertz CT molecular complexity index is 1420. The van der Waals surface area contributed by atoms with Gasteiger partial charge in [0.05, 0.1) is 21.3 Å². The first-order chi connectivity index (χ1) is 20.7. The zero-order valence-corrected chi connectivity index (χ0v) is 26.2. The third-order valence-electron chi connectivity index (χ3n) is 6.90. The van der Waals surface area contributed by atoms with E-state index in [1.165, 1.54) is 40.2 Å². The Morgan fingerprint density at radius 1 is 0.932 bits per heavy atom. The highest BCUT2D eigenvalue weighted by Gasteiger charge is 2.33. The molecule has 1 heterocycles. The fourth-order valence-corrected chi connectivity index (χ4v) is 4.71. The van der Waals surface area contributed by atoms with Crippen molar-refractivity contribution < 1.29 is 42.9 Å². The van der Waals surface area contributed by atoms with Crippen molar-refractivity contribution in [2.45, 2.75) is 57.8 Å². The predicted octanol–water partition coefficient (Wildman–Crippen LogP) is 2.11. The highest BCUT2D eigenvalue weighted by molar-refractivity contribution is 5.95. The number of ether oxygens (including phenoxy) is 4. The second kappa shape index (κ2) is 14.1. The van der Waals surface area contributed by atoms with Crippen LogP contribution in [0.2, 0.25) is 0 Å². The molecule has 238 valence electrons. The van der Waals surface area contributed by atoms with Crippen LogP contribution in [-0.2, 0) is 35.1 Å². The molecule has 1 unspecified atom stereocenters. The number of amides is 4. The van der Waals surface area contributed by atoms with Crippen LogP contribution >= 0.6 is 0 Å². The minimum atomic E-state index is -1.24. The number of nitrogens with one attached hydrogen (secondary N) is 3. The van der Waals surface area contributed by atoms with E-state index >= 15 is 0 Å². The molecule has 0 fully saturated rings. The normalized spacial score (nSPS) is 18.5. The molecule has 3 N–H and O–H groups in total. The number of carbonyl (C=O) groups excluding carboxylic acids is 5. The van der Waals surface area contributed by atoms with Crippen molar-refractivity contribution in [3.05, 3.63) is 47.5 Å². The van der Waals surface area contributed by atoms with Gasteiger partial charge in [0, 0.05) is 24.6 Å². The lowest BCUT2D eigenvalue weighted by Gasteiger charge is -2.30. The molecule has 3 rings (SSSR count). The molecule has 0 saturated heterocycles. The van der Waals surface area contributed by atoms with Crippen LogP contribution in [0.15, 0.2) is 36.4 Å². The lowest BCUT2D eigenvalue weighted by Crippen LogP contribution is -2.53. The number of likely N-dealkylation sites (N-methyl/N-ethyl adjacent to an activating group) is 1. The Hall–Kier alpha value is -4.81. The van der Waals surface area contributed by atoms with Crippen molar-refractivity contribution in [1.29, 1.82) is 0 Å². The number of fused-ring (bicyclic) bond motifs is 5. The summed E-state index contributed by atoms with van der Waals surface area (Å²) >= 11 is 0. The van der Waals surface area contributed by atoms with Gasteiger partial charge in [-0.3, -0.25) is 14.4 Å². The minimum Gasteiger partial charge on any atom is -0.496 e. The van der Waals surface area contributed by atoms with Crippen molar-refractivity contribution in [1.82, 2.24) is 20.9 Å². The van der Waals surface area contributed by atoms with Gasteiger partial charge in [0.2, 0.25) is 17.7 Å². The van der Waals surface area contributed by atoms with Gasteiger partial charge in [0.25, 0.3) is 0 Å². The first kappa shape index (κ1) is 33.7. The minimum absolute atomic E-state index is 0.0998. The molecule has 0 saturated carbocycles. The Labute approximate surface area is 256 Å². The summed E-state index contributed by atoms with van der Waals surface area (Å²) in [6.45, 7) is 6.08. The molecule has 1 aliphatic rings. The van der Waals surface area contributed by atoms with Gasteiger partial charge in [-0.25, -0.2) is 9.59 Å². The molecule has 2 aromatic carbocycles. The summed E-state index contributed by atoms with van der Waals surface area (Å²) in [6, 6.07) is 6.91. The number of rotatable bonds is 6. The van der Waals surface area contributed by atoms with Gasteiger partial charge in [-0.15, -0.1) is 0 Å². The molecule has 44 heavy (non-hydrogen) atoms. The highest BCUT2D eigenvalue weighted by atomic mass is 16.6. The van der Waals surface area contributed by atoms with Gasteiger partial charge in [-0.2, -0.15) is 0 Å². The maximum absolute atomic E-state index is 13.8. The first-order valence-electron chi connectivity index (χ1n) is 13.9. The molecule has 0 radical (unpaired) electrons. The second-order valence-corrected chi connectivity index (χ2v) is 11.3. The van der Waals surface area contributed by atoms with Crippen molar-refractivity contribution in [3.8, 4) is 22.6 Å². The van der Waals surface area contributed by atoms with E-state index in [0.29, 0.717) is 33.8 Å². The smallest absolute Gasteiger partial charge is 0.408 e. The predicted molar refractivity (Wildman–Crippen MR) is 160 cm³/mol. The van der Waals surface area contributed by atoms with Crippen molar-refractivity contribution in [3.63, 3.8) is 0 Å². The van der Waals surface area contributed by atoms with Crippen LogP contribution in [0, 0.1) is 0 Å². The van der Waals surface area contributed by atoms with E-state index in [1.54, 1.807) is 57.2 Å². The molecule has 0 aliphatic carbocycles. The van der Waals surface area contributed by atoms with E-state index in [9.17, 15) is 24.0 Å². The molecule has 3 atom stereocenters. The van der Waals surface area contributed by atoms with E-state index in [-0.39, 0.29) is 6.42 Å². The maximum Gasteiger partial charge on any atom is 0.408 e. The zero-order valence-electron chi connectivity index (χ0n) is 26.2. The maximum atomic E-state index is 13.8. The molecular formula is C31H40N4O9. The quantitative estimate of drug-likeness (QED) is 0.415. The van der Waals surface area contributed by atoms with Crippen LogP contribution in [-0.4, -0.2) is 87.3 Å². The van der Waals surface area contributed by atoms with Gasteiger partial charge in [0.1, 0.15) is 41.8 Å². The van der Waals surface area contributed by atoms with Gasteiger partial charge in [0.15, 0.2) is 0 Å². The average Bonchev–Trinajstić information content (AvgIpc) is 2.97. The van der Waals surface area contributed by atoms with Gasteiger partial charge >= 0.3 is 12.1 Å². The number of esters is 1. The Balaban J connectivity index is 2.14. The van der Waals surface area contributed by atoms with Crippen molar-refractivity contribution in [2.75, 3.05) is 34.9 Å².